The lowest BCUT2D eigenvalue weighted by Gasteiger charge is -2.11. The highest BCUT2D eigenvalue weighted by molar-refractivity contribution is 5.93. The Morgan fingerprint density at radius 3 is 2.84 bits per heavy atom. The van der Waals surface area contributed by atoms with Crippen molar-refractivity contribution >= 4 is 11.6 Å². The van der Waals surface area contributed by atoms with Gasteiger partial charge in [0.2, 0.25) is 5.91 Å². The molecule has 0 aliphatic heterocycles. The maximum absolute atomic E-state index is 12.0. The first-order valence-corrected chi connectivity index (χ1v) is 6.38. The van der Waals surface area contributed by atoms with Crippen molar-refractivity contribution in [1.29, 1.82) is 0 Å². The fourth-order valence-corrected chi connectivity index (χ4v) is 2.26. The molecule has 0 unspecified atom stereocenters. The number of aromatic nitrogens is 2. The summed E-state index contributed by atoms with van der Waals surface area (Å²) in [6.07, 6.45) is 7.51. The number of nitrogens with one attached hydrogen (secondary N) is 2. The second-order valence-corrected chi connectivity index (χ2v) is 4.68. The molecular weight excluding hydrogens is 238 g/mol. The molecule has 1 aromatic heterocycles. The molecule has 0 atom stereocenters. The van der Waals surface area contributed by atoms with Gasteiger partial charge in [0.05, 0.1) is 5.69 Å². The number of nitrogens with zero attached hydrogens (tertiary/aromatic N) is 1. The Labute approximate surface area is 111 Å². The van der Waals surface area contributed by atoms with E-state index in [1.54, 1.807) is 6.20 Å². The highest BCUT2D eigenvalue weighted by atomic mass is 16.1. The summed E-state index contributed by atoms with van der Waals surface area (Å²) in [5, 5.41) is 9.82. The summed E-state index contributed by atoms with van der Waals surface area (Å²) < 4.78 is 0. The van der Waals surface area contributed by atoms with Gasteiger partial charge in [-0.25, -0.2) is 0 Å². The van der Waals surface area contributed by atoms with E-state index in [-0.39, 0.29) is 11.8 Å². The van der Waals surface area contributed by atoms with Crippen LogP contribution in [-0.4, -0.2) is 16.1 Å². The maximum Gasteiger partial charge on any atom is 0.228 e. The highest BCUT2D eigenvalue weighted by Crippen LogP contribution is 2.23. The number of carbonyl (C=O) groups is 1. The number of allylic oxidation sites excluding steroid dienone is 2. The van der Waals surface area contributed by atoms with Gasteiger partial charge in [0.15, 0.2) is 0 Å². The Kier molecular flexibility index (Phi) is 3.14. The summed E-state index contributed by atoms with van der Waals surface area (Å²) in [6, 6.07) is 9.68. The summed E-state index contributed by atoms with van der Waals surface area (Å²) in [6.45, 7) is 0. The molecule has 2 aromatic rings. The zero-order valence-corrected chi connectivity index (χ0v) is 10.5. The third-order valence-corrected chi connectivity index (χ3v) is 3.32. The van der Waals surface area contributed by atoms with Crippen LogP contribution in [0, 0.1) is 5.92 Å². The molecule has 0 spiro atoms. The van der Waals surface area contributed by atoms with Crippen molar-refractivity contribution in [2.24, 2.45) is 5.92 Å². The summed E-state index contributed by atoms with van der Waals surface area (Å²) >= 11 is 0. The minimum atomic E-state index is 0.0795. The monoisotopic (exact) mass is 253 g/mol. The third kappa shape index (κ3) is 2.57. The number of aromatic amines is 1. The van der Waals surface area contributed by atoms with Gasteiger partial charge < -0.3 is 5.32 Å². The van der Waals surface area contributed by atoms with Crippen LogP contribution >= 0.6 is 0 Å². The summed E-state index contributed by atoms with van der Waals surface area (Å²) in [5.74, 6) is 0.169. The lowest BCUT2D eigenvalue weighted by Crippen LogP contribution is -2.20. The van der Waals surface area contributed by atoms with Crippen molar-refractivity contribution in [3.8, 4) is 11.3 Å². The van der Waals surface area contributed by atoms with Gasteiger partial charge >= 0.3 is 0 Å². The number of amides is 1. The van der Waals surface area contributed by atoms with Crippen LogP contribution in [0.25, 0.3) is 11.3 Å². The van der Waals surface area contributed by atoms with E-state index in [1.807, 2.05) is 30.3 Å². The predicted octanol–water partition coefficient (Wildman–Crippen LogP) is 2.98. The summed E-state index contributed by atoms with van der Waals surface area (Å²) in [7, 11) is 0. The van der Waals surface area contributed by atoms with Crippen LogP contribution < -0.4 is 5.32 Å². The molecule has 1 aliphatic carbocycles. The highest BCUT2D eigenvalue weighted by Gasteiger charge is 2.19. The van der Waals surface area contributed by atoms with Crippen molar-refractivity contribution in [1.82, 2.24) is 10.2 Å². The average molecular weight is 253 g/mol. The molecule has 0 saturated heterocycles. The van der Waals surface area contributed by atoms with Crippen LogP contribution in [0.5, 0.6) is 0 Å². The van der Waals surface area contributed by atoms with E-state index in [1.165, 1.54) is 0 Å². The van der Waals surface area contributed by atoms with Gasteiger partial charge in [0.25, 0.3) is 0 Å². The van der Waals surface area contributed by atoms with E-state index in [0.717, 1.165) is 29.8 Å². The maximum atomic E-state index is 12.0. The van der Waals surface area contributed by atoms with E-state index < -0.39 is 0 Å². The Hall–Kier alpha value is -2.36. The van der Waals surface area contributed by atoms with Crippen LogP contribution in [0.1, 0.15) is 12.8 Å². The number of hydrogen-bond acceptors (Lipinski definition) is 2. The predicted molar refractivity (Wildman–Crippen MR) is 74.5 cm³/mol. The molecular formula is C15H15N3O. The minimum absolute atomic E-state index is 0.0795. The third-order valence-electron chi connectivity index (χ3n) is 3.32. The largest absolute Gasteiger partial charge is 0.326 e. The Morgan fingerprint density at radius 1 is 1.26 bits per heavy atom. The number of anilines is 1. The standard InChI is InChI=1S/C15H15N3O/c19-15(11-4-1-2-5-11)17-13-7-3-6-12(10-13)14-8-9-16-18-14/h1-3,6-11H,4-5H2,(H,16,18)(H,17,19). The molecule has 1 aromatic carbocycles. The van der Waals surface area contributed by atoms with E-state index in [2.05, 4.69) is 27.7 Å². The molecule has 0 bridgehead atoms. The van der Waals surface area contributed by atoms with Gasteiger partial charge in [0, 0.05) is 23.4 Å². The van der Waals surface area contributed by atoms with Crippen molar-refractivity contribution in [2.75, 3.05) is 5.32 Å². The number of benzene rings is 1. The molecule has 0 radical (unpaired) electrons. The molecule has 4 heteroatoms. The van der Waals surface area contributed by atoms with Crippen LogP contribution in [0.15, 0.2) is 48.7 Å². The summed E-state index contributed by atoms with van der Waals surface area (Å²) in [4.78, 5) is 12.0. The zero-order chi connectivity index (χ0) is 13.1. The molecule has 96 valence electrons. The number of carbonyl (C=O) groups excluding carboxylic acids is 1. The number of rotatable bonds is 3. The topological polar surface area (TPSA) is 57.8 Å². The zero-order valence-electron chi connectivity index (χ0n) is 10.5. The second kappa shape index (κ2) is 5.10. The number of H-pyrrole nitrogens is 1. The second-order valence-electron chi connectivity index (χ2n) is 4.68. The fraction of sp³-hybridized carbons (Fsp3) is 0.200. The molecule has 4 nitrogen and oxygen atoms in total. The van der Waals surface area contributed by atoms with Gasteiger partial charge in [-0.05, 0) is 31.0 Å². The van der Waals surface area contributed by atoms with Gasteiger partial charge in [-0.15, -0.1) is 0 Å². The molecule has 1 amide bonds. The van der Waals surface area contributed by atoms with E-state index in [0.29, 0.717) is 0 Å². The fourth-order valence-electron chi connectivity index (χ4n) is 2.26. The van der Waals surface area contributed by atoms with Crippen molar-refractivity contribution in [3.63, 3.8) is 0 Å². The SMILES string of the molecule is O=C(Nc1cccc(-c2ccn[nH]2)c1)C1CC=CC1. The lowest BCUT2D eigenvalue weighted by molar-refractivity contribution is -0.119. The first-order valence-electron chi connectivity index (χ1n) is 6.38. The Bertz CT molecular complexity index is 594. The van der Waals surface area contributed by atoms with Gasteiger partial charge in [-0.1, -0.05) is 24.3 Å². The molecule has 0 fully saturated rings. The van der Waals surface area contributed by atoms with Crippen molar-refractivity contribution < 1.29 is 4.79 Å². The Balaban J connectivity index is 1.74. The molecule has 19 heavy (non-hydrogen) atoms. The van der Waals surface area contributed by atoms with Crippen LogP contribution in [0.2, 0.25) is 0 Å². The van der Waals surface area contributed by atoms with E-state index in [4.69, 9.17) is 0 Å². The van der Waals surface area contributed by atoms with Gasteiger partial charge in [-0.2, -0.15) is 5.10 Å². The molecule has 3 rings (SSSR count). The van der Waals surface area contributed by atoms with Crippen LogP contribution in [0.3, 0.4) is 0 Å². The minimum Gasteiger partial charge on any atom is -0.326 e. The molecule has 1 aliphatic rings. The van der Waals surface area contributed by atoms with E-state index in [9.17, 15) is 4.79 Å². The summed E-state index contributed by atoms with van der Waals surface area (Å²) in [5.41, 5.74) is 2.78. The molecule has 0 saturated carbocycles. The van der Waals surface area contributed by atoms with Gasteiger partial charge in [0.1, 0.15) is 0 Å². The normalized spacial score (nSPS) is 14.7. The first kappa shape index (κ1) is 11.7. The van der Waals surface area contributed by atoms with Crippen molar-refractivity contribution in [3.05, 3.63) is 48.7 Å². The van der Waals surface area contributed by atoms with E-state index >= 15 is 0 Å². The Morgan fingerprint density at radius 2 is 2.11 bits per heavy atom. The molecule has 2 N–H and O–H groups in total. The quantitative estimate of drug-likeness (QED) is 0.826. The lowest BCUT2D eigenvalue weighted by atomic mass is 10.1. The average Bonchev–Trinajstić information content (AvgIpc) is 3.13. The smallest absolute Gasteiger partial charge is 0.228 e. The van der Waals surface area contributed by atoms with Crippen LogP contribution in [-0.2, 0) is 4.79 Å². The number of hydrogen-bond donors (Lipinski definition) is 2. The first-order chi connectivity index (χ1) is 9.33. The van der Waals surface area contributed by atoms with Crippen molar-refractivity contribution in [2.45, 2.75) is 12.8 Å². The molecule has 1 heterocycles. The van der Waals surface area contributed by atoms with Gasteiger partial charge in [-0.3, -0.25) is 9.89 Å². The van der Waals surface area contributed by atoms with Crippen LogP contribution in [0.4, 0.5) is 5.69 Å².